The largest absolute Gasteiger partial charge is 0.353 e. The van der Waals surface area contributed by atoms with Gasteiger partial charge < -0.3 is 5.32 Å². The highest BCUT2D eigenvalue weighted by Gasteiger charge is 2.30. The maximum absolute atomic E-state index is 12.8. The van der Waals surface area contributed by atoms with Crippen molar-refractivity contribution >= 4 is 12.2 Å². The van der Waals surface area contributed by atoms with Crippen molar-refractivity contribution < 1.29 is 9.37 Å². The zero-order valence-electron chi connectivity index (χ0n) is 31.3. The molecule has 3 atom stereocenters. The van der Waals surface area contributed by atoms with E-state index in [9.17, 15) is 4.79 Å². The van der Waals surface area contributed by atoms with Gasteiger partial charge >= 0.3 is 0 Å². The van der Waals surface area contributed by atoms with Gasteiger partial charge in [-0.2, -0.15) is 0 Å². The Morgan fingerprint density at radius 3 is 1.36 bits per heavy atom. The van der Waals surface area contributed by atoms with Crippen LogP contribution in [0.3, 0.4) is 0 Å². The van der Waals surface area contributed by atoms with Crippen molar-refractivity contribution in [1.29, 1.82) is 0 Å². The lowest BCUT2D eigenvalue weighted by molar-refractivity contribution is -0.563. The van der Waals surface area contributed by atoms with Gasteiger partial charge in [0.15, 0.2) is 0 Å². The molecule has 0 aromatic heterocycles. The quantitative estimate of drug-likeness (QED) is 0.0547. The summed E-state index contributed by atoms with van der Waals surface area (Å²) in [5.41, 5.74) is 0. The molecule has 4 heteroatoms. The normalized spacial score (nSPS) is 15.1. The van der Waals surface area contributed by atoms with Crippen molar-refractivity contribution in [1.82, 2.24) is 10.6 Å². The molecule has 1 aliphatic heterocycles. The van der Waals surface area contributed by atoms with Gasteiger partial charge in [0.1, 0.15) is 19.1 Å². The molecule has 1 heterocycles. The van der Waals surface area contributed by atoms with Gasteiger partial charge in [0, 0.05) is 18.4 Å². The van der Waals surface area contributed by atoms with Crippen LogP contribution in [-0.4, -0.2) is 42.0 Å². The first-order chi connectivity index (χ1) is 22.1. The monoisotopic (exact) mass is 633 g/mol. The number of rotatable bonds is 34. The zero-order chi connectivity index (χ0) is 32.6. The molecule has 0 fully saturated rings. The lowest BCUT2D eigenvalue weighted by Gasteiger charge is -2.29. The fourth-order valence-electron chi connectivity index (χ4n) is 7.25. The van der Waals surface area contributed by atoms with Crippen LogP contribution >= 0.6 is 0 Å². The Bertz CT molecular complexity index is 678. The maximum Gasteiger partial charge on any atom is 0.232 e. The van der Waals surface area contributed by atoms with E-state index in [1.165, 1.54) is 180 Å². The Kier molecular flexibility index (Phi) is 29.4. The predicted octanol–water partition coefficient (Wildman–Crippen LogP) is 11.9. The summed E-state index contributed by atoms with van der Waals surface area (Å²) >= 11 is 0. The van der Waals surface area contributed by atoms with Gasteiger partial charge in [-0.05, 0) is 26.2 Å². The van der Waals surface area contributed by atoms with Crippen molar-refractivity contribution in [2.45, 2.75) is 232 Å². The Balaban J connectivity index is 2.09. The molecule has 1 rings (SSSR count). The molecule has 3 unspecified atom stereocenters. The van der Waals surface area contributed by atoms with Crippen molar-refractivity contribution in [3.63, 3.8) is 0 Å². The molecule has 0 bridgehead atoms. The molecule has 45 heavy (non-hydrogen) atoms. The molecule has 0 radical (unpaired) electrons. The van der Waals surface area contributed by atoms with Crippen molar-refractivity contribution in [3.05, 3.63) is 0 Å². The van der Waals surface area contributed by atoms with E-state index in [4.69, 9.17) is 0 Å². The van der Waals surface area contributed by atoms with E-state index in [2.05, 4.69) is 49.2 Å². The van der Waals surface area contributed by atoms with Gasteiger partial charge in [-0.25, -0.2) is 0 Å². The smallest absolute Gasteiger partial charge is 0.232 e. The topological polar surface area (TPSA) is 44.1 Å². The predicted molar refractivity (Wildman–Crippen MR) is 200 cm³/mol. The molecular weight excluding hydrogens is 550 g/mol. The van der Waals surface area contributed by atoms with E-state index in [-0.39, 0.29) is 11.9 Å². The average Bonchev–Trinajstić information content (AvgIpc) is 3.57. The van der Waals surface area contributed by atoms with Crippen molar-refractivity contribution in [3.8, 4) is 0 Å². The van der Waals surface area contributed by atoms with Gasteiger partial charge in [-0.15, -0.1) is 0 Å². The first-order valence-electron chi connectivity index (χ1n) is 20.7. The summed E-state index contributed by atoms with van der Waals surface area (Å²) in [5, 5.41) is 6.80. The number of amides is 1. The highest BCUT2D eigenvalue weighted by molar-refractivity contribution is 5.76. The molecule has 0 aliphatic carbocycles. The molecular formula is C41H82N3O+. The standard InChI is InChI=1S/C41H81N3O/c1-5-7-9-11-13-15-17-19-20-22-24-26-28-30-32-34-41(45)43-39(4)38(3)40(44-36-35-42-37-44)33-31-29-27-25-23-21-18-16-14-12-10-8-6-2/h37-40H,5-36H2,1-4H3,(H,43,45)/p+1. The number of hydrogen-bond donors (Lipinski definition) is 2. The Morgan fingerprint density at radius 2 is 0.978 bits per heavy atom. The van der Waals surface area contributed by atoms with Crippen LogP contribution in [0.4, 0.5) is 0 Å². The third-order valence-corrected chi connectivity index (χ3v) is 10.6. The van der Waals surface area contributed by atoms with Crippen molar-refractivity contribution in [2.75, 3.05) is 13.1 Å². The van der Waals surface area contributed by atoms with E-state index >= 15 is 0 Å². The van der Waals surface area contributed by atoms with E-state index in [1.54, 1.807) is 0 Å². The van der Waals surface area contributed by atoms with Crippen LogP contribution in [0.15, 0.2) is 0 Å². The molecule has 4 nitrogen and oxygen atoms in total. The second-order valence-electron chi connectivity index (χ2n) is 14.8. The average molecular weight is 633 g/mol. The summed E-state index contributed by atoms with van der Waals surface area (Å²) in [5.74, 6) is 0.704. The fourth-order valence-corrected chi connectivity index (χ4v) is 7.25. The van der Waals surface area contributed by atoms with Crippen LogP contribution < -0.4 is 10.6 Å². The number of carbonyl (C=O) groups is 1. The van der Waals surface area contributed by atoms with Crippen LogP contribution in [0.1, 0.15) is 220 Å². The molecule has 1 aliphatic rings. The minimum Gasteiger partial charge on any atom is -0.353 e. The summed E-state index contributed by atoms with van der Waals surface area (Å²) < 4.78 is 2.52. The fraction of sp³-hybridized carbons (Fsp3) is 0.951. The summed E-state index contributed by atoms with van der Waals surface area (Å²) in [6, 6.07) is 0.726. The summed E-state index contributed by atoms with van der Waals surface area (Å²) in [4.78, 5) is 12.8. The van der Waals surface area contributed by atoms with E-state index in [0.29, 0.717) is 18.4 Å². The molecule has 2 N–H and O–H groups in total. The SMILES string of the molecule is CCCCCCCCCCCCCCCCCC(=O)NC(C)C(C)C(CCCCCCCCCCCCCCC)[N+]1=CNCC1. The molecule has 0 aromatic rings. The van der Waals surface area contributed by atoms with Gasteiger partial charge in [-0.3, -0.25) is 14.7 Å². The first kappa shape index (κ1) is 42.0. The minimum absolute atomic E-state index is 0.217. The molecule has 266 valence electrons. The lowest BCUT2D eigenvalue weighted by atomic mass is 9.89. The second-order valence-corrected chi connectivity index (χ2v) is 14.8. The number of nitrogens with zero attached hydrogens (tertiary/aromatic N) is 1. The third-order valence-electron chi connectivity index (χ3n) is 10.6. The van der Waals surface area contributed by atoms with E-state index in [1.807, 2.05) is 0 Å². The lowest BCUT2D eigenvalue weighted by Crippen LogP contribution is -2.45. The molecule has 0 aromatic carbocycles. The van der Waals surface area contributed by atoms with Crippen LogP contribution in [0.25, 0.3) is 0 Å². The summed E-state index contributed by atoms with van der Waals surface area (Å²) in [6.07, 6.45) is 42.8. The van der Waals surface area contributed by atoms with Gasteiger partial charge in [0.2, 0.25) is 12.2 Å². The number of carbonyl (C=O) groups excluding carboxylic acids is 1. The molecule has 0 spiro atoms. The Hall–Kier alpha value is -1.06. The van der Waals surface area contributed by atoms with Crippen molar-refractivity contribution in [2.24, 2.45) is 5.92 Å². The Labute approximate surface area is 283 Å². The highest BCUT2D eigenvalue weighted by Crippen LogP contribution is 2.21. The van der Waals surface area contributed by atoms with Gasteiger partial charge in [0.05, 0.1) is 0 Å². The zero-order valence-corrected chi connectivity index (χ0v) is 31.3. The van der Waals surface area contributed by atoms with Crippen LogP contribution in [0, 0.1) is 5.92 Å². The third kappa shape index (κ3) is 24.7. The number of nitrogens with one attached hydrogen (secondary N) is 2. The van der Waals surface area contributed by atoms with Gasteiger partial charge in [-0.1, -0.05) is 188 Å². The first-order valence-corrected chi connectivity index (χ1v) is 20.7. The van der Waals surface area contributed by atoms with Crippen LogP contribution in [0.2, 0.25) is 0 Å². The molecule has 1 amide bonds. The van der Waals surface area contributed by atoms with Crippen LogP contribution in [-0.2, 0) is 4.79 Å². The van der Waals surface area contributed by atoms with Crippen LogP contribution in [0.5, 0.6) is 0 Å². The second kappa shape index (κ2) is 31.5. The van der Waals surface area contributed by atoms with E-state index < -0.39 is 0 Å². The number of hydrogen-bond acceptors (Lipinski definition) is 2. The minimum atomic E-state index is 0.217. The molecule has 0 saturated heterocycles. The summed E-state index contributed by atoms with van der Waals surface area (Å²) in [6.45, 7) is 11.3. The summed E-state index contributed by atoms with van der Waals surface area (Å²) in [7, 11) is 0. The maximum atomic E-state index is 12.8. The highest BCUT2D eigenvalue weighted by atomic mass is 16.1. The van der Waals surface area contributed by atoms with Gasteiger partial charge in [0.25, 0.3) is 0 Å². The molecule has 0 saturated carbocycles. The Morgan fingerprint density at radius 1 is 0.600 bits per heavy atom. The van der Waals surface area contributed by atoms with E-state index in [0.717, 1.165) is 19.5 Å². The number of unbranched alkanes of at least 4 members (excludes halogenated alkanes) is 26.